The Balaban J connectivity index is 1.99. The third-order valence-corrected chi connectivity index (χ3v) is 7.08. The second-order valence-corrected chi connectivity index (χ2v) is 10.7. The number of esters is 2. The van der Waals surface area contributed by atoms with E-state index in [2.05, 4.69) is 20.9 Å². The van der Waals surface area contributed by atoms with E-state index < -0.39 is 18.0 Å². The quantitative estimate of drug-likeness (QED) is 0.297. The molecule has 1 aliphatic heterocycles. The summed E-state index contributed by atoms with van der Waals surface area (Å²) in [5, 5.41) is 0. The van der Waals surface area contributed by atoms with Crippen LogP contribution in [0.25, 0.3) is 6.08 Å². The van der Waals surface area contributed by atoms with Gasteiger partial charge in [-0.2, -0.15) is 0 Å². The highest BCUT2D eigenvalue weighted by Gasteiger charge is 2.35. The second kappa shape index (κ2) is 11.5. The van der Waals surface area contributed by atoms with Gasteiger partial charge in [0, 0.05) is 22.5 Å². The number of carbonyl (C=O) groups is 2. The van der Waals surface area contributed by atoms with E-state index in [1.165, 1.54) is 22.8 Å². The lowest BCUT2D eigenvalue weighted by atomic mass is 9.95. The van der Waals surface area contributed by atoms with Crippen LogP contribution in [0.15, 0.2) is 68.0 Å². The van der Waals surface area contributed by atoms with Crippen LogP contribution in [0.5, 0.6) is 11.5 Å². The summed E-state index contributed by atoms with van der Waals surface area (Å²) < 4.78 is 19.4. The first-order valence-corrected chi connectivity index (χ1v) is 13.6. The van der Waals surface area contributed by atoms with Crippen molar-refractivity contribution in [2.75, 3.05) is 6.61 Å². The molecular weight excluding hydrogens is 572 g/mol. The van der Waals surface area contributed by atoms with Crippen LogP contribution in [0, 0.1) is 0 Å². The summed E-state index contributed by atoms with van der Waals surface area (Å²) in [6.45, 7) is 8.78. The second-order valence-electron chi connectivity index (χ2n) is 8.78. The van der Waals surface area contributed by atoms with Crippen molar-refractivity contribution in [2.24, 2.45) is 4.99 Å². The molecule has 3 aromatic rings. The first kappa shape index (κ1) is 27.5. The molecule has 0 saturated heterocycles. The van der Waals surface area contributed by atoms with E-state index in [-0.39, 0.29) is 23.8 Å². The number of para-hydroxylation sites is 1. The van der Waals surface area contributed by atoms with Crippen LogP contribution in [0.2, 0.25) is 0 Å². The average molecular weight is 600 g/mol. The summed E-state index contributed by atoms with van der Waals surface area (Å²) >= 11 is 4.62. The molecule has 2 heterocycles. The largest absolute Gasteiger partial charge is 0.491 e. The average Bonchev–Trinajstić information content (AvgIpc) is 3.14. The zero-order valence-electron chi connectivity index (χ0n) is 21.6. The van der Waals surface area contributed by atoms with Crippen LogP contribution >= 0.6 is 27.3 Å². The molecule has 2 aromatic carbocycles. The monoisotopic (exact) mass is 598 g/mol. The van der Waals surface area contributed by atoms with Gasteiger partial charge >= 0.3 is 11.9 Å². The van der Waals surface area contributed by atoms with Crippen molar-refractivity contribution in [1.82, 2.24) is 4.57 Å². The number of fused-ring (bicyclic) bond motifs is 1. The number of benzene rings is 2. The first-order chi connectivity index (χ1) is 18.1. The Morgan fingerprint density at radius 2 is 1.92 bits per heavy atom. The van der Waals surface area contributed by atoms with Crippen LogP contribution in [-0.4, -0.2) is 29.2 Å². The van der Waals surface area contributed by atoms with Gasteiger partial charge in [-0.3, -0.25) is 14.2 Å². The Morgan fingerprint density at radius 3 is 2.61 bits per heavy atom. The third kappa shape index (κ3) is 5.66. The van der Waals surface area contributed by atoms with Crippen molar-refractivity contribution >= 4 is 45.3 Å². The minimum Gasteiger partial charge on any atom is -0.491 e. The summed E-state index contributed by atoms with van der Waals surface area (Å²) in [7, 11) is 0. The smallest absolute Gasteiger partial charge is 0.338 e. The highest BCUT2D eigenvalue weighted by atomic mass is 79.9. The molecular formula is C28H27BrN2O6S. The fourth-order valence-electron chi connectivity index (χ4n) is 4.17. The highest BCUT2D eigenvalue weighted by Crippen LogP contribution is 2.36. The summed E-state index contributed by atoms with van der Waals surface area (Å²) in [6.07, 6.45) is 1.53. The van der Waals surface area contributed by atoms with Crippen molar-refractivity contribution in [2.45, 2.75) is 46.8 Å². The molecule has 0 fully saturated rings. The summed E-state index contributed by atoms with van der Waals surface area (Å²) in [6, 6.07) is 11.7. The molecule has 38 heavy (non-hydrogen) atoms. The van der Waals surface area contributed by atoms with E-state index in [9.17, 15) is 14.4 Å². The maximum Gasteiger partial charge on any atom is 0.338 e. The van der Waals surface area contributed by atoms with Gasteiger partial charge in [-0.05, 0) is 58.0 Å². The lowest BCUT2D eigenvalue weighted by Gasteiger charge is -2.26. The van der Waals surface area contributed by atoms with Gasteiger partial charge in [-0.1, -0.05) is 45.5 Å². The molecule has 0 spiro atoms. The molecule has 8 nitrogen and oxygen atoms in total. The minimum absolute atomic E-state index is 0.126. The van der Waals surface area contributed by atoms with Crippen LogP contribution in [-0.2, 0) is 14.3 Å². The number of nitrogens with zero attached hydrogens (tertiary/aromatic N) is 2. The Hall–Kier alpha value is -3.50. The van der Waals surface area contributed by atoms with E-state index in [4.69, 9.17) is 14.2 Å². The molecule has 1 aliphatic rings. The predicted molar refractivity (Wildman–Crippen MR) is 148 cm³/mol. The number of thiazole rings is 1. The summed E-state index contributed by atoms with van der Waals surface area (Å²) in [5.41, 5.74) is 1.58. The van der Waals surface area contributed by atoms with Crippen molar-refractivity contribution in [3.63, 3.8) is 0 Å². The Kier molecular flexibility index (Phi) is 8.32. The van der Waals surface area contributed by atoms with Crippen LogP contribution in [0.3, 0.4) is 0 Å². The van der Waals surface area contributed by atoms with Gasteiger partial charge in [-0.25, -0.2) is 9.79 Å². The summed E-state index contributed by atoms with van der Waals surface area (Å²) in [5.74, 6) is -0.138. The number of halogens is 1. The first-order valence-electron chi connectivity index (χ1n) is 12.0. The maximum atomic E-state index is 13.9. The Morgan fingerprint density at radius 1 is 1.18 bits per heavy atom. The molecule has 1 aromatic heterocycles. The Labute approximate surface area is 232 Å². The molecule has 1 atom stereocenters. The summed E-state index contributed by atoms with van der Waals surface area (Å²) in [4.78, 5) is 43.8. The number of aromatic nitrogens is 1. The zero-order valence-corrected chi connectivity index (χ0v) is 24.0. The lowest BCUT2D eigenvalue weighted by molar-refractivity contribution is -0.139. The molecule has 0 bridgehead atoms. The fraction of sp³-hybridized carbons (Fsp3) is 0.286. The molecule has 0 saturated carbocycles. The van der Waals surface area contributed by atoms with E-state index in [0.717, 1.165) is 4.47 Å². The number of rotatable bonds is 7. The minimum atomic E-state index is -0.808. The maximum absolute atomic E-state index is 13.9. The number of ether oxygens (including phenoxy) is 3. The van der Waals surface area contributed by atoms with E-state index in [0.29, 0.717) is 37.7 Å². The van der Waals surface area contributed by atoms with Gasteiger partial charge < -0.3 is 14.2 Å². The fourth-order valence-corrected chi connectivity index (χ4v) is 5.59. The topological polar surface area (TPSA) is 96.2 Å². The molecule has 0 aliphatic carbocycles. The van der Waals surface area contributed by atoms with Gasteiger partial charge in [0.1, 0.15) is 17.5 Å². The standard InChI is InChI=1S/C28H27BrN2O6S/c1-6-35-27(34)24-16(4)30-28-31(25(24)20-9-7-8-10-22(20)36-15(2)3)26(33)23(38-28)14-18-13-19(29)11-12-21(18)37-17(5)32/h7-15,25H,6H2,1-5H3/b23-14-/t25-/m1/s1. The van der Waals surface area contributed by atoms with Gasteiger partial charge in [0.05, 0.1) is 28.5 Å². The molecule has 4 rings (SSSR count). The number of hydrogen-bond donors (Lipinski definition) is 0. The number of carbonyl (C=O) groups excluding carboxylic acids is 2. The molecule has 198 valence electrons. The molecule has 0 radical (unpaired) electrons. The van der Waals surface area contributed by atoms with E-state index in [1.807, 2.05) is 38.1 Å². The Bertz CT molecular complexity index is 1620. The molecule has 0 N–H and O–H groups in total. The van der Waals surface area contributed by atoms with Crippen molar-refractivity contribution in [1.29, 1.82) is 0 Å². The van der Waals surface area contributed by atoms with Crippen LogP contribution < -0.4 is 24.4 Å². The molecule has 0 amide bonds. The third-order valence-electron chi connectivity index (χ3n) is 5.61. The van der Waals surface area contributed by atoms with Gasteiger partial charge in [0.15, 0.2) is 4.80 Å². The predicted octanol–water partition coefficient (Wildman–Crippen LogP) is 4.27. The molecule has 0 unspecified atom stereocenters. The normalized spacial score (nSPS) is 15.2. The molecule has 10 heteroatoms. The number of hydrogen-bond acceptors (Lipinski definition) is 8. The highest BCUT2D eigenvalue weighted by molar-refractivity contribution is 9.10. The van der Waals surface area contributed by atoms with Crippen molar-refractivity contribution < 1.29 is 23.8 Å². The van der Waals surface area contributed by atoms with Crippen molar-refractivity contribution in [3.05, 3.63) is 89.0 Å². The van der Waals surface area contributed by atoms with Gasteiger partial charge in [-0.15, -0.1) is 0 Å². The van der Waals surface area contributed by atoms with E-state index in [1.54, 1.807) is 38.1 Å². The van der Waals surface area contributed by atoms with Gasteiger partial charge in [0.25, 0.3) is 5.56 Å². The lowest BCUT2D eigenvalue weighted by Crippen LogP contribution is -2.40. The van der Waals surface area contributed by atoms with E-state index >= 15 is 0 Å². The SMILES string of the molecule is CCOC(=O)C1=C(C)N=c2s/c(=C\c3cc(Br)ccc3OC(C)=O)c(=O)n2[C@@H]1c1ccccc1OC(C)C. The van der Waals surface area contributed by atoms with Crippen molar-refractivity contribution in [3.8, 4) is 11.5 Å². The van der Waals surface area contributed by atoms with Crippen LogP contribution in [0.4, 0.5) is 0 Å². The zero-order chi connectivity index (χ0) is 27.6. The number of allylic oxidation sites excluding steroid dienone is 1. The van der Waals surface area contributed by atoms with Gasteiger partial charge in [0.2, 0.25) is 0 Å². The van der Waals surface area contributed by atoms with Crippen LogP contribution in [0.1, 0.15) is 51.8 Å².